The molecule has 2 amide bonds. The van der Waals surface area contributed by atoms with E-state index in [0.717, 1.165) is 5.56 Å². The lowest BCUT2D eigenvalue weighted by Gasteiger charge is -2.10. The Morgan fingerprint density at radius 1 is 0.909 bits per heavy atom. The highest BCUT2D eigenvalue weighted by molar-refractivity contribution is 6.36. The molecule has 0 fully saturated rings. The molecule has 0 radical (unpaired) electrons. The van der Waals surface area contributed by atoms with Crippen molar-refractivity contribution in [1.82, 2.24) is 5.32 Å². The van der Waals surface area contributed by atoms with Gasteiger partial charge in [0.1, 0.15) is 5.75 Å². The maximum Gasteiger partial charge on any atom is 0.513 e. The molecule has 0 aliphatic rings. The second-order valence-corrected chi connectivity index (χ2v) is 7.61. The lowest BCUT2D eigenvalue weighted by atomic mass is 10.1. The van der Waals surface area contributed by atoms with Gasteiger partial charge in [0.05, 0.1) is 17.2 Å². The Morgan fingerprint density at radius 2 is 1.67 bits per heavy atom. The molecule has 0 aliphatic carbocycles. The molecule has 0 saturated heterocycles. The van der Waals surface area contributed by atoms with Crippen LogP contribution in [-0.2, 0) is 11.3 Å². The molecular weight excluding hydrogens is 467 g/mol. The van der Waals surface area contributed by atoms with Crippen molar-refractivity contribution >= 4 is 46.9 Å². The van der Waals surface area contributed by atoms with Crippen molar-refractivity contribution in [2.24, 2.45) is 0 Å². The first-order valence-corrected chi connectivity index (χ1v) is 10.7. The first kappa shape index (κ1) is 24.1. The van der Waals surface area contributed by atoms with Crippen molar-refractivity contribution < 1.29 is 23.9 Å². The van der Waals surface area contributed by atoms with E-state index < -0.39 is 12.1 Å². The standard InChI is InChI=1S/C24H20Cl2N2O5/c1-2-32-24(31)33-19-9-6-16(7-10-19)22(29)27-14-15-4-3-5-18(12-15)28-23(30)20-13-17(25)8-11-21(20)26/h3-13H,2,14H2,1H3,(H,27,29)(H,28,30). The highest BCUT2D eigenvalue weighted by Crippen LogP contribution is 2.22. The van der Waals surface area contributed by atoms with Crippen molar-refractivity contribution in [1.29, 1.82) is 0 Å². The second-order valence-electron chi connectivity index (χ2n) is 6.77. The summed E-state index contributed by atoms with van der Waals surface area (Å²) in [5.41, 5.74) is 1.98. The van der Waals surface area contributed by atoms with Gasteiger partial charge in [-0.3, -0.25) is 9.59 Å². The van der Waals surface area contributed by atoms with Crippen LogP contribution in [0.1, 0.15) is 33.2 Å². The van der Waals surface area contributed by atoms with E-state index in [9.17, 15) is 14.4 Å². The van der Waals surface area contributed by atoms with Crippen LogP contribution in [0.15, 0.2) is 66.7 Å². The lowest BCUT2D eigenvalue weighted by molar-refractivity contribution is 0.0950. The molecule has 0 saturated carbocycles. The highest BCUT2D eigenvalue weighted by atomic mass is 35.5. The Balaban J connectivity index is 1.58. The molecular formula is C24H20Cl2N2O5. The third-order valence-electron chi connectivity index (χ3n) is 4.39. The Morgan fingerprint density at radius 3 is 2.39 bits per heavy atom. The van der Waals surface area contributed by atoms with Crippen LogP contribution >= 0.6 is 23.2 Å². The van der Waals surface area contributed by atoms with E-state index in [1.165, 1.54) is 30.3 Å². The molecule has 3 rings (SSSR count). The van der Waals surface area contributed by atoms with Crippen LogP contribution < -0.4 is 15.4 Å². The highest BCUT2D eigenvalue weighted by Gasteiger charge is 2.12. The average Bonchev–Trinajstić information content (AvgIpc) is 2.80. The molecule has 3 aromatic carbocycles. The van der Waals surface area contributed by atoms with E-state index in [0.29, 0.717) is 21.3 Å². The summed E-state index contributed by atoms with van der Waals surface area (Å²) in [6.45, 7) is 2.12. The number of ether oxygens (including phenoxy) is 2. The van der Waals surface area contributed by atoms with Crippen LogP contribution in [0.2, 0.25) is 10.0 Å². The fourth-order valence-electron chi connectivity index (χ4n) is 2.83. The summed E-state index contributed by atoms with van der Waals surface area (Å²) >= 11 is 12.0. The molecule has 0 spiro atoms. The summed E-state index contributed by atoms with van der Waals surface area (Å²) < 4.78 is 9.67. The van der Waals surface area contributed by atoms with Crippen molar-refractivity contribution in [3.05, 3.63) is 93.5 Å². The van der Waals surface area contributed by atoms with Gasteiger partial charge in [-0.2, -0.15) is 0 Å². The van der Waals surface area contributed by atoms with E-state index in [2.05, 4.69) is 10.6 Å². The maximum atomic E-state index is 12.5. The summed E-state index contributed by atoms with van der Waals surface area (Å²) in [5.74, 6) is -0.431. The van der Waals surface area contributed by atoms with Gasteiger partial charge in [0, 0.05) is 22.8 Å². The Hall–Kier alpha value is -3.55. The SMILES string of the molecule is CCOC(=O)Oc1ccc(C(=O)NCc2cccc(NC(=O)c3cc(Cl)ccc3Cl)c2)cc1. The molecule has 0 heterocycles. The first-order valence-electron chi connectivity index (χ1n) is 9.94. The van der Waals surface area contributed by atoms with Crippen molar-refractivity contribution in [2.45, 2.75) is 13.5 Å². The number of hydrogen-bond donors (Lipinski definition) is 2. The number of anilines is 1. The predicted molar refractivity (Wildman–Crippen MR) is 126 cm³/mol. The molecule has 9 heteroatoms. The third-order valence-corrected chi connectivity index (χ3v) is 4.96. The van der Waals surface area contributed by atoms with Crippen LogP contribution in [0, 0.1) is 0 Å². The summed E-state index contributed by atoms with van der Waals surface area (Å²) in [4.78, 5) is 36.3. The topological polar surface area (TPSA) is 93.7 Å². The zero-order valence-corrected chi connectivity index (χ0v) is 19.1. The molecule has 2 N–H and O–H groups in total. The number of amides is 2. The zero-order chi connectivity index (χ0) is 23.8. The second kappa shape index (κ2) is 11.4. The minimum Gasteiger partial charge on any atom is -0.434 e. The molecule has 0 aromatic heterocycles. The monoisotopic (exact) mass is 486 g/mol. The van der Waals surface area contributed by atoms with Gasteiger partial charge < -0.3 is 20.1 Å². The van der Waals surface area contributed by atoms with Gasteiger partial charge in [-0.25, -0.2) is 4.79 Å². The van der Waals surface area contributed by atoms with Gasteiger partial charge in [-0.05, 0) is 67.1 Å². The normalized spacial score (nSPS) is 10.3. The fourth-order valence-corrected chi connectivity index (χ4v) is 3.21. The number of hydrogen-bond acceptors (Lipinski definition) is 5. The Labute approximate surface area is 200 Å². The van der Waals surface area contributed by atoms with Gasteiger partial charge >= 0.3 is 6.16 Å². The number of rotatable bonds is 7. The van der Waals surface area contributed by atoms with Gasteiger partial charge in [0.2, 0.25) is 0 Å². The van der Waals surface area contributed by atoms with Crippen LogP contribution in [0.25, 0.3) is 0 Å². The number of nitrogens with one attached hydrogen (secondary N) is 2. The van der Waals surface area contributed by atoms with Crippen molar-refractivity contribution in [3.63, 3.8) is 0 Å². The molecule has 33 heavy (non-hydrogen) atoms. The van der Waals surface area contributed by atoms with E-state index in [1.54, 1.807) is 37.3 Å². The Kier molecular flexibility index (Phi) is 8.29. The average molecular weight is 487 g/mol. The van der Waals surface area contributed by atoms with Gasteiger partial charge in [-0.15, -0.1) is 0 Å². The number of halogens is 2. The minimum atomic E-state index is -0.806. The van der Waals surface area contributed by atoms with Crippen LogP contribution in [-0.4, -0.2) is 24.6 Å². The first-order chi connectivity index (χ1) is 15.9. The summed E-state index contributed by atoms with van der Waals surface area (Å²) in [6, 6.07) is 17.8. The Bertz CT molecular complexity index is 1170. The molecule has 0 atom stereocenters. The summed E-state index contributed by atoms with van der Waals surface area (Å²) in [5, 5.41) is 6.27. The molecule has 0 aliphatic heterocycles. The molecule has 3 aromatic rings. The predicted octanol–water partition coefficient (Wildman–Crippen LogP) is 5.71. The van der Waals surface area contributed by atoms with E-state index in [-0.39, 0.29) is 30.4 Å². The smallest absolute Gasteiger partial charge is 0.434 e. The summed E-state index contributed by atoms with van der Waals surface area (Å²) in [6.07, 6.45) is -0.806. The third kappa shape index (κ3) is 6.97. The van der Waals surface area contributed by atoms with Gasteiger partial charge in [-0.1, -0.05) is 35.3 Å². The van der Waals surface area contributed by atoms with E-state index in [1.807, 2.05) is 6.07 Å². The fraction of sp³-hybridized carbons (Fsp3) is 0.125. The van der Waals surface area contributed by atoms with Gasteiger partial charge in [0.25, 0.3) is 11.8 Å². The van der Waals surface area contributed by atoms with Crippen LogP contribution in [0.3, 0.4) is 0 Å². The van der Waals surface area contributed by atoms with E-state index in [4.69, 9.17) is 32.7 Å². The minimum absolute atomic E-state index is 0.207. The molecule has 7 nitrogen and oxygen atoms in total. The molecule has 0 bridgehead atoms. The largest absolute Gasteiger partial charge is 0.513 e. The van der Waals surface area contributed by atoms with Crippen molar-refractivity contribution in [3.8, 4) is 5.75 Å². The quantitative estimate of drug-likeness (QED) is 0.329. The number of carbonyl (C=O) groups is 3. The molecule has 170 valence electrons. The van der Waals surface area contributed by atoms with E-state index >= 15 is 0 Å². The van der Waals surface area contributed by atoms with Crippen molar-refractivity contribution in [2.75, 3.05) is 11.9 Å². The lowest BCUT2D eigenvalue weighted by Crippen LogP contribution is -2.23. The summed E-state index contributed by atoms with van der Waals surface area (Å²) in [7, 11) is 0. The zero-order valence-electron chi connectivity index (χ0n) is 17.6. The number of carbonyl (C=O) groups excluding carboxylic acids is 3. The van der Waals surface area contributed by atoms with Crippen LogP contribution in [0.5, 0.6) is 5.75 Å². The molecule has 0 unspecified atom stereocenters. The van der Waals surface area contributed by atoms with Crippen LogP contribution in [0.4, 0.5) is 10.5 Å². The number of benzene rings is 3. The van der Waals surface area contributed by atoms with Gasteiger partial charge in [0.15, 0.2) is 0 Å². The maximum absolute atomic E-state index is 12.5.